The second kappa shape index (κ2) is 10.1. The van der Waals surface area contributed by atoms with Gasteiger partial charge in [0.15, 0.2) is 0 Å². The van der Waals surface area contributed by atoms with Gasteiger partial charge in [-0.2, -0.15) is 25.3 Å². The molecule has 2 radical (unpaired) electrons. The first kappa shape index (κ1) is 29.5. The molecule has 0 spiro atoms. The van der Waals surface area contributed by atoms with Gasteiger partial charge in [0.2, 0.25) is 0 Å². The molecule has 0 saturated heterocycles. The standard InChI is InChI=1S/C23H15N5O9S3.Ca/c29-38(30,31)21-15-6-5-12(26-15)8-11-3-4-13(25-11)9-17-19-14(2-1-7-24-19)16(27-17)10-18-22(39(32,33)34)23(20(21)28-18)40(35,36)37;/h1-10,24-25H,(H,29,30,31)(H,32,33,34)(H,35,36,37);. The van der Waals surface area contributed by atoms with E-state index in [0.717, 1.165) is 12.2 Å². The van der Waals surface area contributed by atoms with Crippen LogP contribution in [0.25, 0.3) is 29.5 Å². The van der Waals surface area contributed by atoms with Crippen LogP contribution in [-0.4, -0.2) is 103 Å². The first-order valence-corrected chi connectivity index (χ1v) is 15.4. The average Bonchev–Trinajstić information content (AvgIpc) is 3.60. The van der Waals surface area contributed by atoms with Crippen molar-refractivity contribution in [1.29, 1.82) is 0 Å². The third-order valence-electron chi connectivity index (χ3n) is 6.00. The molecule has 1 aromatic heterocycles. The Morgan fingerprint density at radius 2 is 1.37 bits per heavy atom. The first-order valence-electron chi connectivity index (χ1n) is 11.0. The fourth-order valence-electron chi connectivity index (χ4n) is 4.50. The summed E-state index contributed by atoms with van der Waals surface area (Å²) in [6.45, 7) is 0. The van der Waals surface area contributed by atoms with E-state index in [4.69, 9.17) is 0 Å². The molecule has 6 rings (SSSR count). The maximum absolute atomic E-state index is 12.6. The third kappa shape index (κ3) is 5.35. The maximum atomic E-state index is 12.6. The molecule has 5 aliphatic heterocycles. The fraction of sp³-hybridized carbons (Fsp3) is 0. The van der Waals surface area contributed by atoms with E-state index in [0.29, 0.717) is 27.6 Å². The van der Waals surface area contributed by atoms with Crippen LogP contribution in [0, 0.1) is 0 Å². The van der Waals surface area contributed by atoms with E-state index in [-0.39, 0.29) is 49.1 Å². The van der Waals surface area contributed by atoms with Gasteiger partial charge in [-0.1, -0.05) is 0 Å². The Hall–Kier alpha value is -3.00. The number of hydrogen-bond acceptors (Lipinski definition) is 9. The molecule has 0 aromatic carbocycles. The van der Waals surface area contributed by atoms with E-state index in [2.05, 4.69) is 24.9 Å². The van der Waals surface area contributed by atoms with E-state index in [1.165, 1.54) is 12.2 Å². The van der Waals surface area contributed by atoms with Crippen LogP contribution in [0.4, 0.5) is 0 Å². The molecule has 14 nitrogen and oxygen atoms in total. The predicted octanol–water partition coefficient (Wildman–Crippen LogP) is -0.0224. The Morgan fingerprint density at radius 3 is 2.02 bits per heavy atom. The molecule has 0 atom stereocenters. The molecular formula is C23H15CaN5O9S3. The molecule has 0 amide bonds. The largest absolute Gasteiger partial charge is 0.359 e. The number of rotatable bonds is 3. The molecule has 0 unspecified atom stereocenters. The van der Waals surface area contributed by atoms with Crippen molar-refractivity contribution in [2.45, 2.75) is 0 Å². The number of aromatic nitrogens is 3. The Morgan fingerprint density at radius 1 is 0.707 bits per heavy atom. The summed E-state index contributed by atoms with van der Waals surface area (Å²) in [7, 11) is -16.4. The molecule has 0 aliphatic carbocycles. The number of H-pyrrole nitrogens is 2. The van der Waals surface area contributed by atoms with Crippen molar-refractivity contribution in [2.75, 3.05) is 0 Å². The molecular weight excluding hydrogens is 627 g/mol. The van der Waals surface area contributed by atoms with Crippen molar-refractivity contribution < 1.29 is 38.9 Å². The molecule has 1 aromatic rings. The SMILES string of the molecule is O=S(=O)(O)C1=C2C=CC(=N2)C=c2ccc([nH]2)=Cc2nc(c3ccc[nH]c2-3)C=C2N=C1C(S(=O)(=O)O)=C2S(=O)(=O)O.[Ca]. The number of hydrogen-bond donors (Lipinski definition) is 5. The zero-order valence-corrected chi connectivity index (χ0v) is 25.0. The van der Waals surface area contributed by atoms with Crippen LogP contribution < -0.4 is 10.7 Å². The molecule has 0 fully saturated rings. The monoisotopic (exact) mass is 641 g/mol. The number of allylic oxidation sites excluding steroid dienone is 4. The molecule has 0 saturated carbocycles. The Balaban J connectivity index is 0.00000337. The number of fused-ring (bicyclic) bond motifs is 9. The summed E-state index contributed by atoms with van der Waals surface area (Å²) in [6, 6.07) is 6.70. The summed E-state index contributed by atoms with van der Waals surface area (Å²) < 4.78 is 105. The number of nitrogens with zero attached hydrogens (tertiary/aromatic N) is 3. The van der Waals surface area contributed by atoms with Gasteiger partial charge in [-0.05, 0) is 54.6 Å². The summed E-state index contributed by atoms with van der Waals surface area (Å²) >= 11 is 0. The van der Waals surface area contributed by atoms with Gasteiger partial charge >= 0.3 is 0 Å². The van der Waals surface area contributed by atoms with E-state index < -0.39 is 62.2 Å². The van der Waals surface area contributed by atoms with Crippen LogP contribution in [0.1, 0.15) is 11.4 Å². The molecule has 5 aliphatic rings. The zero-order chi connectivity index (χ0) is 28.6. The summed E-state index contributed by atoms with van der Waals surface area (Å²) in [6.07, 6.45) is 8.29. The van der Waals surface area contributed by atoms with Gasteiger partial charge in [-0.3, -0.25) is 13.7 Å². The molecule has 18 heteroatoms. The molecule has 41 heavy (non-hydrogen) atoms. The first-order chi connectivity index (χ1) is 18.7. The number of pyridine rings is 1. The molecule has 5 N–H and O–H groups in total. The van der Waals surface area contributed by atoms with Gasteiger partial charge < -0.3 is 9.97 Å². The van der Waals surface area contributed by atoms with Crippen molar-refractivity contribution in [3.05, 3.63) is 90.8 Å². The number of aliphatic imine (C=N–C) groups is 2. The summed E-state index contributed by atoms with van der Waals surface area (Å²) in [5, 5.41) is 1.16. The molecule has 8 bridgehead atoms. The van der Waals surface area contributed by atoms with Gasteiger partial charge in [-0.25, -0.2) is 15.0 Å². The number of nitrogens with one attached hydrogen (secondary N) is 2. The van der Waals surface area contributed by atoms with Gasteiger partial charge in [-0.15, -0.1) is 0 Å². The van der Waals surface area contributed by atoms with E-state index in [1.807, 2.05) is 0 Å². The summed E-state index contributed by atoms with van der Waals surface area (Å²) in [5.41, 5.74) is -0.907. The minimum absolute atomic E-state index is 0. The zero-order valence-electron chi connectivity index (χ0n) is 20.3. The van der Waals surface area contributed by atoms with Gasteiger partial charge in [0.25, 0.3) is 30.4 Å². The normalized spacial score (nSPS) is 17.1. The maximum Gasteiger partial charge on any atom is 0.298 e. The summed E-state index contributed by atoms with van der Waals surface area (Å²) in [5.74, 6) is 0. The van der Waals surface area contributed by atoms with Crippen LogP contribution in [0.2, 0.25) is 0 Å². The van der Waals surface area contributed by atoms with Gasteiger partial charge in [0.05, 0.1) is 34.2 Å². The minimum atomic E-state index is -5.59. The fourth-order valence-corrected chi connectivity index (χ4v) is 7.40. The predicted molar refractivity (Wildman–Crippen MR) is 150 cm³/mol. The van der Waals surface area contributed by atoms with Gasteiger partial charge in [0, 0.05) is 60.2 Å². The van der Waals surface area contributed by atoms with Crippen molar-refractivity contribution in [3.8, 4) is 11.3 Å². The molecule has 206 valence electrons. The van der Waals surface area contributed by atoms with Crippen molar-refractivity contribution in [2.24, 2.45) is 9.98 Å². The second-order valence-corrected chi connectivity index (χ2v) is 12.7. The Kier molecular flexibility index (Phi) is 7.24. The van der Waals surface area contributed by atoms with Gasteiger partial charge in [0.1, 0.15) is 20.4 Å². The van der Waals surface area contributed by atoms with E-state index in [1.54, 1.807) is 36.5 Å². The van der Waals surface area contributed by atoms with E-state index >= 15 is 0 Å². The van der Waals surface area contributed by atoms with E-state index in [9.17, 15) is 38.9 Å². The Bertz CT molecular complexity index is 2290. The van der Waals surface area contributed by atoms with Crippen LogP contribution in [0.3, 0.4) is 0 Å². The van der Waals surface area contributed by atoms with Crippen molar-refractivity contribution in [3.63, 3.8) is 0 Å². The quantitative estimate of drug-likeness (QED) is 0.189. The third-order valence-corrected chi connectivity index (χ3v) is 8.89. The second-order valence-electron chi connectivity index (χ2n) is 8.66. The van der Waals surface area contributed by atoms with Crippen LogP contribution in [0.5, 0.6) is 0 Å². The van der Waals surface area contributed by atoms with Crippen LogP contribution in [0.15, 0.2) is 78.7 Å². The number of aromatic amines is 2. The van der Waals surface area contributed by atoms with Crippen LogP contribution in [-0.2, 0) is 30.4 Å². The Labute approximate surface area is 261 Å². The topological polar surface area (TPSA) is 232 Å². The molecule has 6 heterocycles. The van der Waals surface area contributed by atoms with Crippen LogP contribution >= 0.6 is 0 Å². The smallest absolute Gasteiger partial charge is 0.298 e. The average molecular weight is 642 g/mol. The van der Waals surface area contributed by atoms with Crippen molar-refractivity contribution in [1.82, 2.24) is 15.0 Å². The summed E-state index contributed by atoms with van der Waals surface area (Å²) in [4.78, 5) is 14.4. The minimum Gasteiger partial charge on any atom is -0.359 e. The van der Waals surface area contributed by atoms with Crippen molar-refractivity contribution >= 4 is 97.7 Å².